The van der Waals surface area contributed by atoms with Gasteiger partial charge in [-0.25, -0.2) is 0 Å². The van der Waals surface area contributed by atoms with Gasteiger partial charge in [0.2, 0.25) is 0 Å². The zero-order valence-electron chi connectivity index (χ0n) is 10.8. The fourth-order valence-electron chi connectivity index (χ4n) is 2.51. The van der Waals surface area contributed by atoms with Gasteiger partial charge in [-0.1, -0.05) is 68.7 Å². The summed E-state index contributed by atoms with van der Waals surface area (Å²) in [5, 5.41) is 0. The lowest BCUT2D eigenvalue weighted by atomic mass is 9.85. The lowest BCUT2D eigenvalue weighted by Gasteiger charge is -2.20. The summed E-state index contributed by atoms with van der Waals surface area (Å²) in [7, 11) is 0. The number of halogens is 1. The first-order chi connectivity index (χ1) is 7.32. The van der Waals surface area contributed by atoms with Crippen molar-refractivity contribution < 1.29 is 0 Å². The minimum absolute atomic E-state index is 0.247. The van der Waals surface area contributed by atoms with E-state index in [9.17, 15) is 0 Å². The molecule has 0 saturated heterocycles. The fraction of sp³-hybridized carbons (Fsp3) is 0.600. The molecule has 2 rings (SSSR count). The van der Waals surface area contributed by atoms with E-state index >= 15 is 0 Å². The topological polar surface area (TPSA) is 0 Å². The van der Waals surface area contributed by atoms with Crippen LogP contribution in [-0.2, 0) is 5.41 Å². The molecule has 0 nitrogen and oxygen atoms in total. The SMILES string of the molecule is CC1c2ccc(C(C)(C)C)cc2C(Br)C1C. The first-order valence-electron chi connectivity index (χ1n) is 6.10. The molecule has 0 bridgehead atoms. The molecule has 88 valence electrons. The van der Waals surface area contributed by atoms with Crippen molar-refractivity contribution in [3.8, 4) is 0 Å². The van der Waals surface area contributed by atoms with E-state index in [2.05, 4.69) is 68.7 Å². The molecule has 16 heavy (non-hydrogen) atoms. The van der Waals surface area contributed by atoms with Gasteiger partial charge in [0, 0.05) is 4.83 Å². The van der Waals surface area contributed by atoms with Crippen molar-refractivity contribution in [3.05, 3.63) is 34.9 Å². The van der Waals surface area contributed by atoms with E-state index in [0.717, 1.165) is 0 Å². The number of hydrogen-bond donors (Lipinski definition) is 0. The molecule has 1 aromatic rings. The van der Waals surface area contributed by atoms with Crippen LogP contribution in [0.4, 0.5) is 0 Å². The van der Waals surface area contributed by atoms with Gasteiger partial charge in [0.25, 0.3) is 0 Å². The normalized spacial score (nSPS) is 29.2. The van der Waals surface area contributed by atoms with Crippen LogP contribution in [0.25, 0.3) is 0 Å². The van der Waals surface area contributed by atoms with Crippen molar-refractivity contribution in [2.45, 2.75) is 50.8 Å². The standard InChI is InChI=1S/C15H21Br/c1-9-10(2)14(16)13-8-11(15(3,4)5)6-7-12(9)13/h6-10,14H,1-5H3. The van der Waals surface area contributed by atoms with Gasteiger partial charge >= 0.3 is 0 Å². The highest BCUT2D eigenvalue weighted by molar-refractivity contribution is 9.09. The van der Waals surface area contributed by atoms with E-state index in [-0.39, 0.29) is 5.41 Å². The number of alkyl halides is 1. The highest BCUT2D eigenvalue weighted by Gasteiger charge is 2.34. The highest BCUT2D eigenvalue weighted by atomic mass is 79.9. The second-order valence-electron chi connectivity index (χ2n) is 6.14. The Bertz CT molecular complexity index is 400. The van der Waals surface area contributed by atoms with E-state index in [4.69, 9.17) is 0 Å². The zero-order valence-corrected chi connectivity index (χ0v) is 12.4. The molecule has 0 saturated carbocycles. The van der Waals surface area contributed by atoms with Crippen molar-refractivity contribution in [3.63, 3.8) is 0 Å². The molecule has 0 heterocycles. The van der Waals surface area contributed by atoms with Crippen LogP contribution in [0, 0.1) is 5.92 Å². The third-order valence-electron chi connectivity index (χ3n) is 3.99. The summed E-state index contributed by atoms with van der Waals surface area (Å²) in [6.45, 7) is 11.5. The number of fused-ring (bicyclic) bond motifs is 1. The van der Waals surface area contributed by atoms with Crippen LogP contribution in [0.3, 0.4) is 0 Å². The Hall–Kier alpha value is -0.300. The molecule has 1 heteroatoms. The van der Waals surface area contributed by atoms with Crippen LogP contribution in [0.1, 0.15) is 62.1 Å². The van der Waals surface area contributed by atoms with Crippen LogP contribution >= 0.6 is 15.9 Å². The summed E-state index contributed by atoms with van der Waals surface area (Å²) in [4.78, 5) is 0.528. The van der Waals surface area contributed by atoms with Crippen molar-refractivity contribution in [2.24, 2.45) is 5.92 Å². The molecule has 1 aliphatic rings. The van der Waals surface area contributed by atoms with Crippen molar-refractivity contribution in [1.82, 2.24) is 0 Å². The fourth-order valence-corrected chi connectivity index (χ4v) is 3.37. The molecule has 0 aromatic heterocycles. The first kappa shape index (κ1) is 12.2. The third kappa shape index (κ3) is 1.84. The van der Waals surface area contributed by atoms with Crippen molar-refractivity contribution in [1.29, 1.82) is 0 Å². The monoisotopic (exact) mass is 280 g/mol. The maximum atomic E-state index is 3.84. The molecule has 3 atom stereocenters. The lowest BCUT2D eigenvalue weighted by molar-refractivity contribution is 0.528. The highest BCUT2D eigenvalue weighted by Crippen LogP contribution is 2.50. The molecular formula is C15H21Br. The van der Waals surface area contributed by atoms with Crippen LogP contribution < -0.4 is 0 Å². The van der Waals surface area contributed by atoms with E-state index in [1.54, 1.807) is 0 Å². The first-order valence-corrected chi connectivity index (χ1v) is 7.02. The Morgan fingerprint density at radius 2 is 1.69 bits per heavy atom. The van der Waals surface area contributed by atoms with Gasteiger partial charge in [-0.2, -0.15) is 0 Å². The van der Waals surface area contributed by atoms with E-state index in [1.807, 2.05) is 0 Å². The molecule has 0 N–H and O–H groups in total. The summed E-state index contributed by atoms with van der Waals surface area (Å²) in [6.07, 6.45) is 0. The number of hydrogen-bond acceptors (Lipinski definition) is 0. The Morgan fingerprint density at radius 3 is 2.25 bits per heavy atom. The molecule has 0 radical (unpaired) electrons. The maximum Gasteiger partial charge on any atom is 0.0429 e. The van der Waals surface area contributed by atoms with Gasteiger partial charge in [0.15, 0.2) is 0 Å². The van der Waals surface area contributed by atoms with Crippen LogP contribution in [0.15, 0.2) is 18.2 Å². The maximum absolute atomic E-state index is 3.84. The van der Waals surface area contributed by atoms with Crippen LogP contribution in [0.2, 0.25) is 0 Å². The van der Waals surface area contributed by atoms with E-state index in [1.165, 1.54) is 16.7 Å². The molecule has 0 spiro atoms. The van der Waals surface area contributed by atoms with Crippen molar-refractivity contribution in [2.75, 3.05) is 0 Å². The molecule has 1 aromatic carbocycles. The Balaban J connectivity index is 2.50. The molecule has 3 unspecified atom stereocenters. The predicted molar refractivity (Wildman–Crippen MR) is 74.4 cm³/mol. The van der Waals surface area contributed by atoms with Crippen LogP contribution in [-0.4, -0.2) is 0 Å². The van der Waals surface area contributed by atoms with Crippen LogP contribution in [0.5, 0.6) is 0 Å². The molecule has 0 fully saturated rings. The lowest BCUT2D eigenvalue weighted by Crippen LogP contribution is -2.11. The Labute approximate surface area is 108 Å². The number of benzene rings is 1. The largest absolute Gasteiger partial charge is 0.0836 e. The summed E-state index contributed by atoms with van der Waals surface area (Å²) in [5.74, 6) is 1.37. The Kier molecular flexibility index (Phi) is 2.94. The molecule has 1 aliphatic carbocycles. The smallest absolute Gasteiger partial charge is 0.0429 e. The van der Waals surface area contributed by atoms with Gasteiger partial charge in [0.1, 0.15) is 0 Å². The number of rotatable bonds is 0. The quantitative estimate of drug-likeness (QED) is 0.575. The minimum Gasteiger partial charge on any atom is -0.0836 e. The minimum atomic E-state index is 0.247. The second-order valence-corrected chi connectivity index (χ2v) is 7.13. The van der Waals surface area contributed by atoms with Gasteiger partial charge in [-0.05, 0) is 33.9 Å². The van der Waals surface area contributed by atoms with Gasteiger partial charge in [-0.3, -0.25) is 0 Å². The third-order valence-corrected chi connectivity index (χ3v) is 5.32. The summed E-state index contributed by atoms with van der Waals surface area (Å²) < 4.78 is 0. The molecule has 0 aliphatic heterocycles. The average Bonchev–Trinajstić information content (AvgIpc) is 2.43. The van der Waals surface area contributed by atoms with Gasteiger partial charge in [0.05, 0.1) is 0 Å². The summed E-state index contributed by atoms with van der Waals surface area (Å²) in [6, 6.07) is 7.03. The second kappa shape index (κ2) is 3.87. The van der Waals surface area contributed by atoms with E-state index < -0.39 is 0 Å². The van der Waals surface area contributed by atoms with Crippen molar-refractivity contribution >= 4 is 15.9 Å². The van der Waals surface area contributed by atoms with E-state index in [0.29, 0.717) is 16.7 Å². The molecular weight excluding hydrogens is 260 g/mol. The summed E-state index contributed by atoms with van der Waals surface area (Å²) >= 11 is 3.84. The van der Waals surface area contributed by atoms with Gasteiger partial charge in [-0.15, -0.1) is 0 Å². The zero-order chi connectivity index (χ0) is 12.1. The molecule has 0 amide bonds. The summed E-state index contributed by atoms with van der Waals surface area (Å²) in [5.41, 5.74) is 4.73. The average molecular weight is 281 g/mol. The Morgan fingerprint density at radius 1 is 1.06 bits per heavy atom. The van der Waals surface area contributed by atoms with Gasteiger partial charge < -0.3 is 0 Å². The predicted octanol–water partition coefficient (Wildman–Crippen LogP) is 5.17.